The molecule has 3 aromatic carbocycles. The fourth-order valence-corrected chi connectivity index (χ4v) is 7.73. The largest absolute Gasteiger partial charge is 0.493 e. The van der Waals surface area contributed by atoms with E-state index in [1.807, 2.05) is 0 Å². The zero-order valence-electron chi connectivity index (χ0n) is 21.8. The van der Waals surface area contributed by atoms with Gasteiger partial charge in [0.2, 0.25) is 11.8 Å². The SMILES string of the molecule is COc1cc(C2c3sc(=O)[nH]c3SC3C(=O)N(c4ccc(Cl)cc4)C(=O)C32)ccc1OCC(=O)Nc1ccc(F)cc1. The number of imide groups is 1. The molecule has 0 aliphatic carbocycles. The molecule has 3 unspecified atom stereocenters. The number of ether oxygens (including phenoxy) is 2. The minimum absolute atomic E-state index is 0.274. The smallest absolute Gasteiger partial charge is 0.305 e. The van der Waals surface area contributed by atoms with Gasteiger partial charge in [0.25, 0.3) is 5.91 Å². The van der Waals surface area contributed by atoms with Gasteiger partial charge in [-0.1, -0.05) is 40.8 Å². The van der Waals surface area contributed by atoms with Crippen LogP contribution >= 0.6 is 34.7 Å². The van der Waals surface area contributed by atoms with Crippen molar-refractivity contribution in [1.29, 1.82) is 0 Å². The van der Waals surface area contributed by atoms with E-state index in [2.05, 4.69) is 10.3 Å². The summed E-state index contributed by atoms with van der Waals surface area (Å²) in [5.41, 5.74) is 1.47. The Hall–Kier alpha value is -4.13. The minimum Gasteiger partial charge on any atom is -0.493 e. The Morgan fingerprint density at radius 3 is 2.48 bits per heavy atom. The van der Waals surface area contributed by atoms with Crippen molar-refractivity contribution in [2.45, 2.75) is 16.2 Å². The van der Waals surface area contributed by atoms with Gasteiger partial charge in [0.15, 0.2) is 18.1 Å². The van der Waals surface area contributed by atoms with E-state index in [9.17, 15) is 23.6 Å². The predicted molar refractivity (Wildman–Crippen MR) is 157 cm³/mol. The van der Waals surface area contributed by atoms with E-state index >= 15 is 0 Å². The van der Waals surface area contributed by atoms with Crippen molar-refractivity contribution in [3.63, 3.8) is 0 Å². The number of H-pyrrole nitrogens is 1. The van der Waals surface area contributed by atoms with Crippen molar-refractivity contribution < 1.29 is 28.2 Å². The summed E-state index contributed by atoms with van der Waals surface area (Å²) >= 11 is 8.20. The molecule has 0 spiro atoms. The fraction of sp³-hybridized carbons (Fsp3) is 0.172. The number of aromatic nitrogens is 1. The summed E-state index contributed by atoms with van der Waals surface area (Å²) in [4.78, 5) is 56.5. The third-order valence-electron chi connectivity index (χ3n) is 6.94. The molecule has 1 aromatic heterocycles. The third-order valence-corrected chi connectivity index (χ3v) is 9.60. The molecule has 2 aliphatic rings. The number of benzene rings is 3. The van der Waals surface area contributed by atoms with Gasteiger partial charge in [-0.05, 0) is 66.2 Å². The lowest BCUT2D eigenvalue weighted by Gasteiger charge is -2.30. The van der Waals surface area contributed by atoms with Crippen LogP contribution in [0.15, 0.2) is 76.6 Å². The van der Waals surface area contributed by atoms with Gasteiger partial charge in [-0.3, -0.25) is 19.2 Å². The van der Waals surface area contributed by atoms with Crippen LogP contribution in [0.5, 0.6) is 11.5 Å². The minimum atomic E-state index is -0.782. The van der Waals surface area contributed by atoms with Gasteiger partial charge < -0.3 is 19.8 Å². The number of hydrogen-bond acceptors (Lipinski definition) is 8. The normalized spacial score (nSPS) is 19.3. The highest BCUT2D eigenvalue weighted by molar-refractivity contribution is 8.00. The van der Waals surface area contributed by atoms with Crippen LogP contribution in [0.25, 0.3) is 0 Å². The Morgan fingerprint density at radius 2 is 1.76 bits per heavy atom. The van der Waals surface area contributed by atoms with Crippen LogP contribution in [0.4, 0.5) is 15.8 Å². The number of halogens is 2. The van der Waals surface area contributed by atoms with Crippen molar-refractivity contribution >= 4 is 63.8 Å². The van der Waals surface area contributed by atoms with Crippen LogP contribution in [0.1, 0.15) is 16.4 Å². The van der Waals surface area contributed by atoms with Crippen molar-refractivity contribution in [3.8, 4) is 11.5 Å². The summed E-state index contributed by atoms with van der Waals surface area (Å²) in [6.07, 6.45) is 0. The molecule has 3 atom stereocenters. The highest BCUT2D eigenvalue weighted by Crippen LogP contribution is 2.53. The van der Waals surface area contributed by atoms with Crippen LogP contribution in [0, 0.1) is 11.7 Å². The van der Waals surface area contributed by atoms with Gasteiger partial charge >= 0.3 is 4.87 Å². The zero-order chi connectivity index (χ0) is 29.5. The molecule has 13 heteroatoms. The monoisotopic (exact) mass is 625 g/mol. The van der Waals surface area contributed by atoms with E-state index in [0.29, 0.717) is 37.6 Å². The van der Waals surface area contributed by atoms with E-state index in [1.54, 1.807) is 42.5 Å². The molecule has 6 rings (SSSR count). The number of methoxy groups -OCH3 is 1. The Bertz CT molecular complexity index is 1760. The number of anilines is 2. The first kappa shape index (κ1) is 28.0. The quantitative estimate of drug-likeness (QED) is 0.276. The number of nitrogens with zero attached hydrogens (tertiary/aromatic N) is 1. The molecule has 0 bridgehead atoms. The lowest BCUT2D eigenvalue weighted by Crippen LogP contribution is -2.32. The van der Waals surface area contributed by atoms with Crippen molar-refractivity contribution in [3.05, 3.63) is 97.7 Å². The molecule has 1 saturated heterocycles. The van der Waals surface area contributed by atoms with Gasteiger partial charge in [0.05, 0.1) is 23.7 Å². The standard InChI is InChI=1S/C29H21ClFN3O6S2/c1-39-20-12-14(2-11-19(20)40-13-21(35)32-17-7-5-16(31)6-8-17)22-23-25(41-26-24(22)42-29(38)33-26)28(37)34(27(23)36)18-9-3-15(30)4-10-18/h2-12,22-23,25H,13H2,1H3,(H,32,35)(H,33,38). The van der Waals surface area contributed by atoms with E-state index in [-0.39, 0.29) is 29.0 Å². The molecule has 4 aromatic rings. The van der Waals surface area contributed by atoms with Gasteiger partial charge in [-0.15, -0.1) is 0 Å². The van der Waals surface area contributed by atoms with Gasteiger partial charge in [0, 0.05) is 21.5 Å². The summed E-state index contributed by atoms with van der Waals surface area (Å²) in [5.74, 6) is -2.46. The fourth-order valence-electron chi connectivity index (χ4n) is 5.09. The first-order chi connectivity index (χ1) is 20.2. The van der Waals surface area contributed by atoms with Crippen LogP contribution in [0.3, 0.4) is 0 Å². The molecule has 42 heavy (non-hydrogen) atoms. The number of carbonyl (C=O) groups excluding carboxylic acids is 3. The average molecular weight is 626 g/mol. The molecule has 2 N–H and O–H groups in total. The second-order valence-electron chi connectivity index (χ2n) is 9.49. The zero-order valence-corrected chi connectivity index (χ0v) is 24.1. The lowest BCUT2D eigenvalue weighted by atomic mass is 9.83. The maximum Gasteiger partial charge on any atom is 0.305 e. The summed E-state index contributed by atoms with van der Waals surface area (Å²) in [6.45, 7) is -0.343. The first-order valence-corrected chi connectivity index (χ1v) is 14.7. The summed E-state index contributed by atoms with van der Waals surface area (Å²) in [6, 6.07) is 16.8. The summed E-state index contributed by atoms with van der Waals surface area (Å²) in [5, 5.41) is 2.89. The Labute approximate surface area is 251 Å². The summed E-state index contributed by atoms with van der Waals surface area (Å²) in [7, 11) is 1.44. The summed E-state index contributed by atoms with van der Waals surface area (Å²) < 4.78 is 24.4. The van der Waals surface area contributed by atoms with Crippen LogP contribution in [0.2, 0.25) is 5.02 Å². The van der Waals surface area contributed by atoms with Crippen LogP contribution in [-0.2, 0) is 14.4 Å². The van der Waals surface area contributed by atoms with Gasteiger partial charge in [-0.25, -0.2) is 9.29 Å². The Kier molecular flexibility index (Phi) is 7.52. The molecular weight excluding hydrogens is 605 g/mol. The number of rotatable bonds is 7. The molecule has 214 valence electrons. The Morgan fingerprint density at radius 1 is 1.02 bits per heavy atom. The highest BCUT2D eigenvalue weighted by Gasteiger charge is 2.56. The maximum absolute atomic E-state index is 13.9. The third kappa shape index (κ3) is 5.17. The number of aromatic amines is 1. The molecule has 2 aliphatic heterocycles. The second-order valence-corrected chi connectivity index (χ2v) is 12.1. The van der Waals surface area contributed by atoms with Crippen molar-refractivity contribution in [2.24, 2.45) is 5.92 Å². The topological polar surface area (TPSA) is 118 Å². The average Bonchev–Trinajstić information content (AvgIpc) is 3.47. The number of thiazole rings is 1. The van der Waals surface area contributed by atoms with E-state index in [4.69, 9.17) is 21.1 Å². The number of fused-ring (bicyclic) bond motifs is 2. The van der Waals surface area contributed by atoms with Crippen LogP contribution < -0.4 is 24.6 Å². The highest BCUT2D eigenvalue weighted by atomic mass is 35.5. The van der Waals surface area contributed by atoms with E-state index in [0.717, 1.165) is 11.3 Å². The number of carbonyl (C=O) groups is 3. The molecule has 0 saturated carbocycles. The van der Waals surface area contributed by atoms with Crippen molar-refractivity contribution in [1.82, 2.24) is 4.98 Å². The Balaban J connectivity index is 1.29. The maximum atomic E-state index is 13.9. The predicted octanol–water partition coefficient (Wildman–Crippen LogP) is 5.05. The lowest BCUT2D eigenvalue weighted by molar-refractivity contribution is -0.122. The number of amides is 3. The number of nitrogens with one attached hydrogen (secondary N) is 2. The number of thioether (sulfide) groups is 1. The first-order valence-electron chi connectivity index (χ1n) is 12.6. The molecule has 3 heterocycles. The number of hydrogen-bond donors (Lipinski definition) is 2. The molecule has 1 fully saturated rings. The van der Waals surface area contributed by atoms with Crippen molar-refractivity contribution in [2.75, 3.05) is 23.9 Å². The van der Waals surface area contributed by atoms with Crippen LogP contribution in [-0.4, -0.2) is 41.7 Å². The van der Waals surface area contributed by atoms with Gasteiger partial charge in [0.1, 0.15) is 11.1 Å². The van der Waals surface area contributed by atoms with E-state index < -0.39 is 28.8 Å². The molecule has 9 nitrogen and oxygen atoms in total. The van der Waals surface area contributed by atoms with E-state index in [1.165, 1.54) is 48.0 Å². The molecular formula is C29H21ClFN3O6S2. The van der Waals surface area contributed by atoms with Gasteiger partial charge in [-0.2, -0.15) is 0 Å². The molecule has 3 amide bonds. The molecule has 0 radical (unpaired) electrons. The second kappa shape index (κ2) is 11.3.